The summed E-state index contributed by atoms with van der Waals surface area (Å²) in [7, 11) is 0. The van der Waals surface area contributed by atoms with Crippen LogP contribution in [0, 0.1) is 0 Å². The van der Waals surface area contributed by atoms with Crippen molar-refractivity contribution in [2.45, 2.75) is 19.3 Å². The Kier molecular flexibility index (Phi) is 4.82. The summed E-state index contributed by atoms with van der Waals surface area (Å²) in [6, 6.07) is 33.6. The molecular formula is C30H22ClN3. The van der Waals surface area contributed by atoms with Crippen molar-refractivity contribution >= 4 is 11.6 Å². The fourth-order valence-electron chi connectivity index (χ4n) is 4.91. The van der Waals surface area contributed by atoms with E-state index in [1.165, 1.54) is 27.8 Å². The molecule has 1 aliphatic rings. The zero-order valence-corrected chi connectivity index (χ0v) is 19.7. The lowest BCUT2D eigenvalue weighted by Gasteiger charge is -2.21. The molecule has 1 aromatic heterocycles. The average Bonchev–Trinajstić information content (AvgIpc) is 3.11. The summed E-state index contributed by atoms with van der Waals surface area (Å²) in [5.41, 5.74) is 9.26. The second kappa shape index (κ2) is 7.89. The molecular weight excluding hydrogens is 438 g/mol. The number of rotatable bonds is 3. The molecule has 0 atom stereocenters. The van der Waals surface area contributed by atoms with E-state index in [0.29, 0.717) is 11.6 Å². The maximum atomic E-state index is 6.36. The van der Waals surface area contributed by atoms with E-state index in [4.69, 9.17) is 16.6 Å². The summed E-state index contributed by atoms with van der Waals surface area (Å²) in [5, 5.41) is 0.188. The van der Waals surface area contributed by atoms with Gasteiger partial charge in [0, 0.05) is 16.5 Å². The molecule has 4 heteroatoms. The Labute approximate surface area is 204 Å². The van der Waals surface area contributed by atoms with E-state index in [1.807, 2.05) is 30.3 Å². The van der Waals surface area contributed by atoms with Gasteiger partial charge in [-0.05, 0) is 51.0 Å². The van der Waals surface area contributed by atoms with Gasteiger partial charge in [0.2, 0.25) is 5.28 Å². The molecule has 34 heavy (non-hydrogen) atoms. The van der Waals surface area contributed by atoms with E-state index >= 15 is 0 Å². The Morgan fingerprint density at radius 2 is 1.09 bits per heavy atom. The van der Waals surface area contributed by atoms with Crippen LogP contribution in [0.1, 0.15) is 25.0 Å². The molecule has 0 fully saturated rings. The Morgan fingerprint density at radius 1 is 0.529 bits per heavy atom. The third-order valence-electron chi connectivity index (χ3n) is 6.70. The van der Waals surface area contributed by atoms with E-state index in [0.717, 1.165) is 16.7 Å². The highest BCUT2D eigenvalue weighted by atomic mass is 35.5. The molecule has 0 saturated carbocycles. The molecule has 164 valence electrons. The minimum absolute atomic E-state index is 0.0349. The zero-order chi connectivity index (χ0) is 23.3. The van der Waals surface area contributed by atoms with Crippen LogP contribution in [0.25, 0.3) is 45.0 Å². The van der Waals surface area contributed by atoms with Gasteiger partial charge in [0.05, 0.1) is 0 Å². The van der Waals surface area contributed by atoms with E-state index in [2.05, 4.69) is 90.5 Å². The molecule has 3 nitrogen and oxygen atoms in total. The Morgan fingerprint density at radius 3 is 1.85 bits per heavy atom. The van der Waals surface area contributed by atoms with Gasteiger partial charge in [-0.25, -0.2) is 4.98 Å². The highest BCUT2D eigenvalue weighted by Crippen LogP contribution is 2.49. The highest BCUT2D eigenvalue weighted by molar-refractivity contribution is 6.28. The van der Waals surface area contributed by atoms with Crippen molar-refractivity contribution < 1.29 is 0 Å². The topological polar surface area (TPSA) is 38.7 Å². The van der Waals surface area contributed by atoms with Gasteiger partial charge in [-0.3, -0.25) is 0 Å². The lowest BCUT2D eigenvalue weighted by atomic mass is 9.82. The molecule has 0 spiro atoms. The summed E-state index contributed by atoms with van der Waals surface area (Å²) in [4.78, 5) is 13.7. The number of aromatic nitrogens is 3. The van der Waals surface area contributed by atoms with Gasteiger partial charge < -0.3 is 0 Å². The van der Waals surface area contributed by atoms with Gasteiger partial charge >= 0.3 is 0 Å². The standard InChI is InChI=1S/C30H22ClN3/c1-30(2)25-11-7-6-10-23(25)24-18-22(16-17-26(24)30)28-32-27(33-29(31)34-28)21-14-12-20(13-15-21)19-8-4-3-5-9-19/h3-18H,1-2H3. The van der Waals surface area contributed by atoms with Crippen molar-refractivity contribution in [2.75, 3.05) is 0 Å². The van der Waals surface area contributed by atoms with E-state index in [9.17, 15) is 0 Å². The van der Waals surface area contributed by atoms with Crippen molar-refractivity contribution in [1.82, 2.24) is 15.0 Å². The van der Waals surface area contributed by atoms with Gasteiger partial charge in [0.15, 0.2) is 11.6 Å². The Hall–Kier alpha value is -3.82. The number of nitrogens with zero attached hydrogens (tertiary/aromatic N) is 3. The van der Waals surface area contributed by atoms with Crippen molar-refractivity contribution in [3.63, 3.8) is 0 Å². The quantitative estimate of drug-likeness (QED) is 0.276. The molecule has 0 amide bonds. The van der Waals surface area contributed by atoms with Crippen LogP contribution in [0.5, 0.6) is 0 Å². The second-order valence-corrected chi connectivity index (χ2v) is 9.46. The van der Waals surface area contributed by atoms with Crippen LogP contribution in [-0.2, 0) is 5.41 Å². The first-order valence-corrected chi connectivity index (χ1v) is 11.7. The Balaban J connectivity index is 1.40. The van der Waals surface area contributed by atoms with E-state index in [-0.39, 0.29) is 10.7 Å². The number of fused-ring (bicyclic) bond motifs is 3. The summed E-state index contributed by atoms with van der Waals surface area (Å²) in [6.45, 7) is 4.54. The normalized spacial score (nSPS) is 13.4. The average molecular weight is 460 g/mol. The molecule has 6 rings (SSSR count). The number of hydrogen-bond acceptors (Lipinski definition) is 3. The van der Waals surface area contributed by atoms with Crippen LogP contribution < -0.4 is 0 Å². The van der Waals surface area contributed by atoms with E-state index in [1.54, 1.807) is 0 Å². The van der Waals surface area contributed by atoms with Crippen LogP contribution in [0.15, 0.2) is 97.1 Å². The summed E-state index contributed by atoms with van der Waals surface area (Å²) < 4.78 is 0. The summed E-state index contributed by atoms with van der Waals surface area (Å²) >= 11 is 6.36. The SMILES string of the molecule is CC1(C)c2ccccc2-c2cc(-c3nc(Cl)nc(-c4ccc(-c5ccccc5)cc4)n3)ccc21. The summed E-state index contributed by atoms with van der Waals surface area (Å²) in [5.74, 6) is 1.14. The first kappa shape index (κ1) is 20.8. The minimum atomic E-state index is -0.0349. The maximum absolute atomic E-state index is 6.36. The molecule has 1 heterocycles. The highest BCUT2D eigenvalue weighted by Gasteiger charge is 2.35. The first-order valence-electron chi connectivity index (χ1n) is 11.3. The van der Waals surface area contributed by atoms with Gasteiger partial charge in [-0.15, -0.1) is 0 Å². The third kappa shape index (κ3) is 3.41. The molecule has 0 saturated heterocycles. The Bertz CT molecular complexity index is 1520. The monoisotopic (exact) mass is 459 g/mol. The van der Waals surface area contributed by atoms with Crippen molar-refractivity contribution in [2.24, 2.45) is 0 Å². The van der Waals surface area contributed by atoms with E-state index < -0.39 is 0 Å². The molecule has 5 aromatic rings. The van der Waals surface area contributed by atoms with Crippen molar-refractivity contribution in [3.8, 4) is 45.0 Å². The van der Waals surface area contributed by atoms with Crippen LogP contribution in [0.4, 0.5) is 0 Å². The maximum Gasteiger partial charge on any atom is 0.226 e. The predicted octanol–water partition coefficient (Wildman–Crippen LogP) is 7.83. The van der Waals surface area contributed by atoms with Crippen LogP contribution in [-0.4, -0.2) is 15.0 Å². The predicted molar refractivity (Wildman–Crippen MR) is 139 cm³/mol. The zero-order valence-electron chi connectivity index (χ0n) is 19.0. The van der Waals surface area contributed by atoms with Gasteiger partial charge in [0.25, 0.3) is 0 Å². The molecule has 1 aliphatic carbocycles. The first-order chi connectivity index (χ1) is 16.5. The van der Waals surface area contributed by atoms with Crippen molar-refractivity contribution in [1.29, 1.82) is 0 Å². The molecule has 0 unspecified atom stereocenters. The smallest absolute Gasteiger partial charge is 0.208 e. The molecule has 4 aromatic carbocycles. The fourth-order valence-corrected chi connectivity index (χ4v) is 5.07. The lowest BCUT2D eigenvalue weighted by molar-refractivity contribution is 0.660. The third-order valence-corrected chi connectivity index (χ3v) is 6.87. The van der Waals surface area contributed by atoms with Gasteiger partial charge in [0.1, 0.15) is 0 Å². The van der Waals surface area contributed by atoms with Crippen LogP contribution in [0.2, 0.25) is 5.28 Å². The number of halogens is 1. The van der Waals surface area contributed by atoms with Crippen molar-refractivity contribution in [3.05, 3.63) is 113 Å². The molecule has 0 radical (unpaired) electrons. The molecule has 0 bridgehead atoms. The molecule has 0 aliphatic heterocycles. The molecule has 0 N–H and O–H groups in total. The van der Waals surface area contributed by atoms with Crippen LogP contribution >= 0.6 is 11.6 Å². The summed E-state index contributed by atoms with van der Waals surface area (Å²) in [6.07, 6.45) is 0. The minimum Gasteiger partial charge on any atom is -0.208 e. The number of benzene rings is 4. The number of hydrogen-bond donors (Lipinski definition) is 0. The largest absolute Gasteiger partial charge is 0.226 e. The van der Waals surface area contributed by atoms with Crippen LogP contribution in [0.3, 0.4) is 0 Å². The van der Waals surface area contributed by atoms with Gasteiger partial charge in [-0.1, -0.05) is 105 Å². The fraction of sp³-hybridized carbons (Fsp3) is 0.100. The second-order valence-electron chi connectivity index (χ2n) is 9.13. The lowest BCUT2D eigenvalue weighted by Crippen LogP contribution is -2.14. The van der Waals surface area contributed by atoms with Gasteiger partial charge in [-0.2, -0.15) is 9.97 Å².